The van der Waals surface area contributed by atoms with Crippen molar-refractivity contribution in [3.05, 3.63) is 48.2 Å². The second-order valence-corrected chi connectivity index (χ2v) is 2.41. The minimum absolute atomic E-state index is 0.203. The second-order valence-electron chi connectivity index (χ2n) is 2.41. The summed E-state index contributed by atoms with van der Waals surface area (Å²) in [5.74, 6) is -0.203. The standard InChI is InChI=1S/C10H10NO2/c12-8-4-7-11-10(13)9-5-2-1-3-6-9/h1-7H,8H2,(H,11,13). The molecular formula is C10H10NO2. The summed E-state index contributed by atoms with van der Waals surface area (Å²) in [5.41, 5.74) is 0.582. The van der Waals surface area contributed by atoms with Gasteiger partial charge in [0.15, 0.2) is 0 Å². The van der Waals surface area contributed by atoms with Gasteiger partial charge in [0, 0.05) is 11.8 Å². The van der Waals surface area contributed by atoms with E-state index < -0.39 is 0 Å². The molecule has 67 valence electrons. The Morgan fingerprint density at radius 3 is 2.62 bits per heavy atom. The van der Waals surface area contributed by atoms with Crippen LogP contribution in [-0.2, 0) is 5.11 Å². The van der Waals surface area contributed by atoms with Crippen molar-refractivity contribution in [2.45, 2.75) is 0 Å². The van der Waals surface area contributed by atoms with Crippen LogP contribution in [0.3, 0.4) is 0 Å². The maximum Gasteiger partial charge on any atom is 0.255 e. The highest BCUT2D eigenvalue weighted by Gasteiger charge is 1.99. The van der Waals surface area contributed by atoms with E-state index in [1.54, 1.807) is 24.3 Å². The molecule has 1 radical (unpaired) electrons. The predicted molar refractivity (Wildman–Crippen MR) is 48.6 cm³/mol. The number of amides is 1. The fourth-order valence-corrected chi connectivity index (χ4v) is 0.856. The molecule has 1 rings (SSSR count). The minimum atomic E-state index is -0.324. The SMILES string of the molecule is [O]CC=CNC(=O)c1ccccc1. The molecule has 13 heavy (non-hydrogen) atoms. The van der Waals surface area contributed by atoms with Crippen LogP contribution in [0.2, 0.25) is 0 Å². The quantitative estimate of drug-likeness (QED) is 0.742. The number of rotatable bonds is 3. The van der Waals surface area contributed by atoms with Gasteiger partial charge in [0.05, 0.1) is 0 Å². The lowest BCUT2D eigenvalue weighted by atomic mass is 10.2. The average Bonchev–Trinajstić information content (AvgIpc) is 2.19. The van der Waals surface area contributed by atoms with Gasteiger partial charge in [-0.1, -0.05) is 18.2 Å². The van der Waals surface area contributed by atoms with E-state index in [9.17, 15) is 9.90 Å². The zero-order valence-electron chi connectivity index (χ0n) is 7.07. The normalized spacial score (nSPS) is 10.2. The van der Waals surface area contributed by atoms with E-state index in [1.165, 1.54) is 12.3 Å². The van der Waals surface area contributed by atoms with Crippen LogP contribution < -0.4 is 5.32 Å². The largest absolute Gasteiger partial charge is 0.329 e. The van der Waals surface area contributed by atoms with Crippen molar-refractivity contribution < 1.29 is 9.90 Å². The average molecular weight is 176 g/mol. The van der Waals surface area contributed by atoms with Gasteiger partial charge in [0.1, 0.15) is 6.61 Å². The molecule has 0 aliphatic carbocycles. The first-order valence-corrected chi connectivity index (χ1v) is 3.93. The first kappa shape index (κ1) is 9.48. The van der Waals surface area contributed by atoms with Crippen LogP contribution in [0.1, 0.15) is 10.4 Å². The number of benzene rings is 1. The van der Waals surface area contributed by atoms with Crippen molar-refractivity contribution in [1.82, 2.24) is 5.32 Å². The summed E-state index contributed by atoms with van der Waals surface area (Å²) in [4.78, 5) is 11.3. The zero-order valence-corrected chi connectivity index (χ0v) is 7.07. The van der Waals surface area contributed by atoms with Crippen molar-refractivity contribution >= 4 is 5.91 Å². The summed E-state index contributed by atoms with van der Waals surface area (Å²) in [5, 5.41) is 12.5. The Hall–Kier alpha value is -1.61. The van der Waals surface area contributed by atoms with E-state index in [1.807, 2.05) is 6.07 Å². The second kappa shape index (κ2) is 5.11. The summed E-state index contributed by atoms with van der Waals surface area (Å²) in [6.07, 6.45) is 2.71. The molecule has 1 amide bonds. The summed E-state index contributed by atoms with van der Waals surface area (Å²) in [6.45, 7) is -0.324. The molecule has 0 heterocycles. The first-order valence-electron chi connectivity index (χ1n) is 3.93. The number of nitrogens with one attached hydrogen (secondary N) is 1. The maximum absolute atomic E-state index is 11.3. The number of hydrogen-bond donors (Lipinski definition) is 1. The Labute approximate surface area is 76.7 Å². The van der Waals surface area contributed by atoms with Crippen LogP contribution in [0.15, 0.2) is 42.6 Å². The lowest BCUT2D eigenvalue weighted by Gasteiger charge is -1.97. The van der Waals surface area contributed by atoms with Gasteiger partial charge >= 0.3 is 0 Å². The predicted octanol–water partition coefficient (Wildman–Crippen LogP) is 1.36. The van der Waals surface area contributed by atoms with Crippen LogP contribution in [0.5, 0.6) is 0 Å². The summed E-state index contributed by atoms with van der Waals surface area (Å²) in [7, 11) is 0. The van der Waals surface area contributed by atoms with Gasteiger partial charge < -0.3 is 5.32 Å². The zero-order chi connectivity index (χ0) is 9.52. The molecule has 1 aromatic carbocycles. The summed E-state index contributed by atoms with van der Waals surface area (Å²) >= 11 is 0. The molecule has 0 aliphatic rings. The van der Waals surface area contributed by atoms with Crippen molar-refractivity contribution in [3.63, 3.8) is 0 Å². The maximum atomic E-state index is 11.3. The van der Waals surface area contributed by atoms with Crippen molar-refractivity contribution in [3.8, 4) is 0 Å². The molecule has 0 saturated heterocycles. The van der Waals surface area contributed by atoms with E-state index in [0.717, 1.165) is 0 Å². The summed E-state index contributed by atoms with van der Waals surface area (Å²) in [6, 6.07) is 8.82. The molecule has 3 heteroatoms. The molecule has 0 unspecified atom stereocenters. The van der Waals surface area contributed by atoms with Crippen LogP contribution in [0, 0.1) is 0 Å². The van der Waals surface area contributed by atoms with Gasteiger partial charge in [-0.25, -0.2) is 5.11 Å². The van der Waals surface area contributed by atoms with Crippen LogP contribution in [0.4, 0.5) is 0 Å². The van der Waals surface area contributed by atoms with E-state index in [-0.39, 0.29) is 12.5 Å². The van der Waals surface area contributed by atoms with Gasteiger partial charge in [-0.05, 0) is 18.2 Å². The first-order chi connectivity index (χ1) is 6.34. The Morgan fingerprint density at radius 1 is 1.31 bits per heavy atom. The number of carbonyl (C=O) groups excluding carboxylic acids is 1. The summed E-state index contributed by atoms with van der Waals surface area (Å²) < 4.78 is 0. The van der Waals surface area contributed by atoms with E-state index >= 15 is 0 Å². The molecule has 0 aliphatic heterocycles. The Morgan fingerprint density at radius 2 is 2.00 bits per heavy atom. The number of carbonyl (C=O) groups is 1. The van der Waals surface area contributed by atoms with E-state index in [4.69, 9.17) is 0 Å². The van der Waals surface area contributed by atoms with Crippen molar-refractivity contribution in [2.24, 2.45) is 0 Å². The van der Waals surface area contributed by atoms with Crippen LogP contribution in [-0.4, -0.2) is 12.5 Å². The van der Waals surface area contributed by atoms with Crippen molar-refractivity contribution in [1.29, 1.82) is 0 Å². The Kier molecular flexibility index (Phi) is 3.73. The molecular weight excluding hydrogens is 166 g/mol. The Bertz CT molecular complexity index is 293. The molecule has 0 saturated carbocycles. The third kappa shape index (κ3) is 3.09. The molecule has 1 N–H and O–H groups in total. The Balaban J connectivity index is 2.54. The molecule has 0 aromatic heterocycles. The van der Waals surface area contributed by atoms with Gasteiger partial charge in [-0.2, -0.15) is 0 Å². The highest BCUT2D eigenvalue weighted by molar-refractivity contribution is 5.94. The smallest absolute Gasteiger partial charge is 0.255 e. The van der Waals surface area contributed by atoms with Gasteiger partial charge in [0.25, 0.3) is 5.91 Å². The molecule has 0 atom stereocenters. The topological polar surface area (TPSA) is 49.0 Å². The fourth-order valence-electron chi connectivity index (χ4n) is 0.856. The minimum Gasteiger partial charge on any atom is -0.329 e. The molecule has 0 spiro atoms. The van der Waals surface area contributed by atoms with Gasteiger partial charge in [-0.3, -0.25) is 4.79 Å². The van der Waals surface area contributed by atoms with Crippen LogP contribution >= 0.6 is 0 Å². The monoisotopic (exact) mass is 176 g/mol. The van der Waals surface area contributed by atoms with Gasteiger partial charge in [-0.15, -0.1) is 0 Å². The van der Waals surface area contributed by atoms with E-state index in [2.05, 4.69) is 5.32 Å². The molecule has 1 aromatic rings. The highest BCUT2D eigenvalue weighted by atomic mass is 16.2. The highest BCUT2D eigenvalue weighted by Crippen LogP contribution is 1.97. The lowest BCUT2D eigenvalue weighted by Crippen LogP contribution is -2.16. The fraction of sp³-hybridized carbons (Fsp3) is 0.100. The lowest BCUT2D eigenvalue weighted by molar-refractivity contribution is 0.0970. The third-order valence-electron chi connectivity index (χ3n) is 1.46. The molecule has 0 fully saturated rings. The molecule has 0 bridgehead atoms. The number of hydrogen-bond acceptors (Lipinski definition) is 1. The van der Waals surface area contributed by atoms with Crippen molar-refractivity contribution in [2.75, 3.05) is 6.61 Å². The third-order valence-corrected chi connectivity index (χ3v) is 1.46. The molecule has 3 nitrogen and oxygen atoms in total. The van der Waals surface area contributed by atoms with E-state index in [0.29, 0.717) is 5.56 Å². The van der Waals surface area contributed by atoms with Crippen LogP contribution in [0.25, 0.3) is 0 Å². The van der Waals surface area contributed by atoms with Gasteiger partial charge in [0.2, 0.25) is 0 Å².